The number of fused-ring (bicyclic) bond motifs is 8. The minimum atomic E-state index is -1.40. The number of aromatic carboxylic acids is 1. The van der Waals surface area contributed by atoms with Crippen molar-refractivity contribution in [2.45, 2.75) is 79.4 Å². The van der Waals surface area contributed by atoms with Crippen LogP contribution in [0.1, 0.15) is 113 Å². The van der Waals surface area contributed by atoms with Crippen LogP contribution in [0.3, 0.4) is 0 Å². The Balaban J connectivity index is 0.000000195. The zero-order valence-corrected chi connectivity index (χ0v) is 56.0. The van der Waals surface area contributed by atoms with E-state index in [4.69, 9.17) is 23.7 Å². The Kier molecular flexibility index (Phi) is 19.7. The number of allylic oxidation sites excluding steroid dienone is 1. The topological polar surface area (TPSA) is 248 Å². The number of likely N-dealkylation sites (N-methyl/N-ethyl adjacent to an activating group) is 1. The van der Waals surface area contributed by atoms with E-state index in [1.165, 1.54) is 12.1 Å². The van der Waals surface area contributed by atoms with Crippen molar-refractivity contribution in [2.75, 3.05) is 43.4 Å². The van der Waals surface area contributed by atoms with Crippen LogP contribution in [0.15, 0.2) is 218 Å². The van der Waals surface area contributed by atoms with E-state index in [1.807, 2.05) is 104 Å². The Morgan fingerprint density at radius 1 is 0.576 bits per heavy atom. The van der Waals surface area contributed by atoms with Crippen LogP contribution in [-0.2, 0) is 46.1 Å². The van der Waals surface area contributed by atoms with E-state index in [-0.39, 0.29) is 22.8 Å². The maximum Gasteiger partial charge on any atom is 0.340 e. The van der Waals surface area contributed by atoms with Crippen LogP contribution in [0.4, 0.5) is 11.4 Å². The Labute approximate surface area is 574 Å². The van der Waals surface area contributed by atoms with Gasteiger partial charge in [-0.2, -0.15) is 0 Å². The number of aromatic nitrogens is 4. The van der Waals surface area contributed by atoms with Gasteiger partial charge in [0.15, 0.2) is 5.60 Å². The average molecular weight is 1330 g/mol. The molecule has 1 unspecified atom stereocenters. The second kappa shape index (κ2) is 28.8. The number of nitrogens with zero attached hydrogens (tertiary/aromatic N) is 7. The molecular weight excluding hydrogens is 1250 g/mol. The number of aliphatic hydroxyl groups excluding tert-OH is 1. The normalized spacial score (nSPS) is 14.6. The highest BCUT2D eigenvalue weighted by atomic mass is 16.6. The first-order chi connectivity index (χ1) is 47.6. The fourth-order valence-electron chi connectivity index (χ4n) is 11.9. The van der Waals surface area contributed by atoms with E-state index in [1.54, 1.807) is 139 Å². The number of carboxylic acids is 1. The first-order valence-corrected chi connectivity index (χ1v) is 32.6. The number of ether oxygens (including phenoxy) is 5. The molecule has 9 aromatic rings. The second-order valence-corrected chi connectivity index (χ2v) is 26.6. The van der Waals surface area contributed by atoms with Gasteiger partial charge in [-0.15, -0.1) is 0 Å². The SMILES string of the molecule is CN(CCN(Cc1ccccn1)Cc1ccccn1)c1ccc2c(c1)C(=O)OC21c2ccc(OC(=O)C(C)(C)C)cc2Oc2cc(OC(=O)C(C)(C)C)ccc21.O=C(O)c1cc(NCCN(Cc2ccccn2)Cc2ccccn2)ccc1C1=C2C=CC(O)C=C2Oc2cc(O)ccc21. The van der Waals surface area contributed by atoms with Gasteiger partial charge in [0, 0.05) is 147 Å². The molecule has 1 atom stereocenters. The molecule has 20 heteroatoms. The standard InChI is InChI=1S/C45H46N4O7.C34H30N4O5/c1-43(2,3)41(51)53-32-15-18-36-38(25-32)55-39-26-33(54-42(52)44(4,5)6)16-19-37(39)45(36)35-17-14-31(24-34(35)40(50)56-45)48(7)22-23-49(27-29-12-8-10-20-46-29)28-30-13-9-11-21-47-30;39-25-8-11-28-31(18-25)43-32-19-26(40)9-12-29(32)33(28)27-10-7-22(17-30(27)34(41)42)37-15-16-38(20-23-5-1-3-13-35-23)21-24-6-2-4-14-36-24/h8-21,24-26H,22-23,27-28H2,1-7H3;1-14,17-19,25,37,39-40H,15-16,20-21H2,(H,41,42). The number of carbonyl (C=O) groups excluding carboxylic acids is 3. The number of hydrogen-bond acceptors (Lipinski definition) is 19. The Bertz CT molecular complexity index is 4430. The van der Waals surface area contributed by atoms with Crippen LogP contribution < -0.4 is 29.2 Å². The van der Waals surface area contributed by atoms with E-state index in [9.17, 15) is 34.5 Å². The lowest BCUT2D eigenvalue weighted by Gasteiger charge is -2.37. The average Bonchev–Trinajstić information content (AvgIpc) is 1.61. The van der Waals surface area contributed by atoms with Crippen molar-refractivity contribution >= 4 is 40.8 Å². The van der Waals surface area contributed by atoms with Crippen LogP contribution in [0.2, 0.25) is 0 Å². The number of rotatable bonds is 20. The van der Waals surface area contributed by atoms with Crippen molar-refractivity contribution in [1.82, 2.24) is 29.7 Å². The number of phenols is 1. The minimum Gasteiger partial charge on any atom is -0.508 e. The first-order valence-electron chi connectivity index (χ1n) is 32.6. The van der Waals surface area contributed by atoms with Gasteiger partial charge in [0.05, 0.1) is 50.8 Å². The summed E-state index contributed by atoms with van der Waals surface area (Å²) in [4.78, 5) is 76.9. The van der Waals surface area contributed by atoms with Crippen LogP contribution in [-0.4, -0.2) is 108 Å². The van der Waals surface area contributed by atoms with Crippen molar-refractivity contribution in [3.05, 3.63) is 280 Å². The molecule has 4 N–H and O–H groups in total. The maximum absolute atomic E-state index is 14.0. The molecule has 99 heavy (non-hydrogen) atoms. The molecule has 0 bridgehead atoms. The summed E-state index contributed by atoms with van der Waals surface area (Å²) in [6, 6.07) is 49.4. The summed E-state index contributed by atoms with van der Waals surface area (Å²) in [5.41, 5.74) is 7.23. The van der Waals surface area contributed by atoms with Crippen molar-refractivity contribution in [3.63, 3.8) is 0 Å². The number of hydrogen-bond donors (Lipinski definition) is 4. The molecule has 1 spiro atoms. The third-order valence-electron chi connectivity index (χ3n) is 17.1. The number of esters is 3. The van der Waals surface area contributed by atoms with Crippen molar-refractivity contribution in [3.8, 4) is 34.5 Å². The summed E-state index contributed by atoms with van der Waals surface area (Å²) in [7, 11) is 2.00. The molecule has 5 aromatic carbocycles. The van der Waals surface area contributed by atoms with E-state index < -0.39 is 46.4 Å². The number of pyridine rings is 4. The molecule has 0 fully saturated rings. The number of nitrogens with one attached hydrogen (secondary N) is 1. The Morgan fingerprint density at radius 3 is 1.62 bits per heavy atom. The molecular formula is C79H76N8O12. The number of aromatic hydroxyl groups is 1. The lowest BCUT2D eigenvalue weighted by Crippen LogP contribution is -2.34. The molecule has 0 amide bonds. The summed E-state index contributed by atoms with van der Waals surface area (Å²) >= 11 is 0. The highest BCUT2D eigenvalue weighted by molar-refractivity contribution is 6.01. The van der Waals surface area contributed by atoms with Gasteiger partial charge < -0.3 is 49.2 Å². The highest BCUT2D eigenvalue weighted by Crippen LogP contribution is 2.58. The zero-order chi connectivity index (χ0) is 69.6. The van der Waals surface area contributed by atoms with Gasteiger partial charge >= 0.3 is 23.9 Å². The number of aliphatic hydroxyl groups is 1. The molecule has 4 aliphatic rings. The van der Waals surface area contributed by atoms with Crippen molar-refractivity contribution in [1.29, 1.82) is 0 Å². The Morgan fingerprint density at radius 2 is 1.10 bits per heavy atom. The van der Waals surface area contributed by atoms with Crippen molar-refractivity contribution < 1.29 is 58.2 Å². The predicted molar refractivity (Wildman–Crippen MR) is 373 cm³/mol. The fourth-order valence-corrected chi connectivity index (χ4v) is 11.9. The molecule has 0 saturated heterocycles. The van der Waals surface area contributed by atoms with Crippen LogP contribution in [0.5, 0.6) is 34.5 Å². The largest absolute Gasteiger partial charge is 0.508 e. The van der Waals surface area contributed by atoms with Crippen LogP contribution in [0, 0.1) is 10.8 Å². The van der Waals surface area contributed by atoms with Crippen molar-refractivity contribution in [2.24, 2.45) is 10.8 Å². The summed E-state index contributed by atoms with van der Waals surface area (Å²) in [6.45, 7) is 15.8. The lowest BCUT2D eigenvalue weighted by atomic mass is 9.77. The summed E-state index contributed by atoms with van der Waals surface area (Å²) in [5, 5.41) is 33.9. The molecule has 0 saturated carbocycles. The molecule has 504 valence electrons. The third kappa shape index (κ3) is 15.4. The van der Waals surface area contributed by atoms with Gasteiger partial charge in [0.2, 0.25) is 0 Å². The smallest absolute Gasteiger partial charge is 0.340 e. The quantitative estimate of drug-likeness (QED) is 0.0409. The van der Waals surface area contributed by atoms with E-state index in [2.05, 4.69) is 40.0 Å². The molecule has 3 aliphatic heterocycles. The van der Waals surface area contributed by atoms with Crippen LogP contribution in [0.25, 0.3) is 5.57 Å². The van der Waals surface area contributed by atoms with Gasteiger partial charge in [0.25, 0.3) is 0 Å². The van der Waals surface area contributed by atoms with Gasteiger partial charge in [-0.3, -0.25) is 39.3 Å². The monoisotopic (exact) mass is 1330 g/mol. The number of carbonyl (C=O) groups is 4. The summed E-state index contributed by atoms with van der Waals surface area (Å²) < 4.78 is 30.3. The lowest BCUT2D eigenvalue weighted by molar-refractivity contribution is -0.143. The van der Waals surface area contributed by atoms with Gasteiger partial charge in [0.1, 0.15) is 40.3 Å². The fraction of sp³-hybridized carbons (Fsp3) is 0.241. The molecule has 13 rings (SSSR count). The minimum absolute atomic E-state index is 0.0205. The Hall–Kier alpha value is -11.3. The summed E-state index contributed by atoms with van der Waals surface area (Å²) in [6.07, 6.45) is 11.2. The van der Waals surface area contributed by atoms with E-state index in [0.717, 1.165) is 28.5 Å². The van der Waals surface area contributed by atoms with Gasteiger partial charge in [-0.05, 0) is 162 Å². The maximum atomic E-state index is 14.0. The van der Waals surface area contributed by atoms with Gasteiger partial charge in [-0.25, -0.2) is 9.59 Å². The van der Waals surface area contributed by atoms with Gasteiger partial charge in [-0.1, -0.05) is 48.6 Å². The molecule has 7 heterocycles. The molecule has 0 radical (unpaired) electrons. The number of phenolic OH excluding ortho intramolecular Hbond substituents is 1. The van der Waals surface area contributed by atoms with Crippen LogP contribution >= 0.6 is 0 Å². The number of benzene rings is 5. The third-order valence-corrected chi connectivity index (χ3v) is 17.1. The molecule has 4 aromatic heterocycles. The van der Waals surface area contributed by atoms with E-state index >= 15 is 0 Å². The number of anilines is 2. The highest BCUT2D eigenvalue weighted by Gasteiger charge is 2.54. The second-order valence-electron chi connectivity index (χ2n) is 26.6. The van der Waals surface area contributed by atoms with E-state index in [0.29, 0.717) is 126 Å². The predicted octanol–water partition coefficient (Wildman–Crippen LogP) is 13.1. The summed E-state index contributed by atoms with van der Waals surface area (Å²) in [5.74, 6) is -0.364. The first kappa shape index (κ1) is 67.7. The number of carboxylic acid groups (broad SMARTS) is 1. The zero-order valence-electron chi connectivity index (χ0n) is 56.0. The molecule has 20 nitrogen and oxygen atoms in total. The molecule has 1 aliphatic carbocycles.